The van der Waals surface area contributed by atoms with E-state index in [9.17, 15) is 14.4 Å². The van der Waals surface area contributed by atoms with Gasteiger partial charge in [0.25, 0.3) is 0 Å². The van der Waals surface area contributed by atoms with E-state index in [1.165, 1.54) is 128 Å². The number of allylic oxidation sites excluding steroid dienone is 14. The summed E-state index contributed by atoms with van der Waals surface area (Å²) < 4.78 is 16.7. The molecule has 0 saturated carbocycles. The summed E-state index contributed by atoms with van der Waals surface area (Å²) in [6, 6.07) is 0. The van der Waals surface area contributed by atoms with Gasteiger partial charge in [-0.1, -0.05) is 234 Å². The topological polar surface area (TPSA) is 78.9 Å². The van der Waals surface area contributed by atoms with Gasteiger partial charge in [0.15, 0.2) is 6.10 Å². The van der Waals surface area contributed by atoms with Gasteiger partial charge in [-0.2, -0.15) is 0 Å². The van der Waals surface area contributed by atoms with Gasteiger partial charge in [0.1, 0.15) is 13.2 Å². The number of unbranched alkanes of at least 4 members (excludes halogenated alkanes) is 23. The fraction of sp³-hybridized carbons (Fsp3) is 0.712. The minimum absolute atomic E-state index is 0.106. The van der Waals surface area contributed by atoms with Crippen molar-refractivity contribution in [2.75, 3.05) is 13.2 Å². The Balaban J connectivity index is 4.51. The van der Waals surface area contributed by atoms with Crippen LogP contribution >= 0.6 is 0 Å². The lowest BCUT2D eigenvalue weighted by Crippen LogP contribution is -2.30. The number of carbonyl (C=O) groups is 3. The zero-order valence-corrected chi connectivity index (χ0v) is 42.5. The van der Waals surface area contributed by atoms with Crippen molar-refractivity contribution < 1.29 is 28.6 Å². The molecule has 0 aromatic heterocycles. The molecule has 372 valence electrons. The van der Waals surface area contributed by atoms with Crippen molar-refractivity contribution in [3.63, 3.8) is 0 Å². The van der Waals surface area contributed by atoms with Gasteiger partial charge >= 0.3 is 17.9 Å². The minimum Gasteiger partial charge on any atom is -0.462 e. The van der Waals surface area contributed by atoms with E-state index >= 15 is 0 Å². The minimum atomic E-state index is -0.816. The zero-order valence-electron chi connectivity index (χ0n) is 42.5. The number of ether oxygens (including phenoxy) is 3. The monoisotopic (exact) mass is 905 g/mol. The number of hydrogen-bond donors (Lipinski definition) is 0. The summed E-state index contributed by atoms with van der Waals surface area (Å²) in [5.41, 5.74) is 0. The molecule has 0 aliphatic heterocycles. The van der Waals surface area contributed by atoms with Crippen molar-refractivity contribution in [2.45, 2.75) is 258 Å². The molecule has 0 N–H and O–H groups in total. The van der Waals surface area contributed by atoms with Crippen LogP contribution in [0.3, 0.4) is 0 Å². The Hall–Kier alpha value is -3.41. The fourth-order valence-corrected chi connectivity index (χ4v) is 7.35. The lowest BCUT2D eigenvalue weighted by atomic mass is 10.0. The van der Waals surface area contributed by atoms with Gasteiger partial charge in [-0.05, 0) is 83.5 Å². The molecule has 0 bridgehead atoms. The van der Waals surface area contributed by atoms with Gasteiger partial charge in [-0.15, -0.1) is 0 Å². The summed E-state index contributed by atoms with van der Waals surface area (Å²) in [6.07, 6.45) is 68.6. The third kappa shape index (κ3) is 51.4. The molecule has 0 spiro atoms. The first kappa shape index (κ1) is 61.6. The van der Waals surface area contributed by atoms with Crippen LogP contribution in [0.4, 0.5) is 0 Å². The van der Waals surface area contributed by atoms with Crippen molar-refractivity contribution >= 4 is 17.9 Å². The Bertz CT molecular complexity index is 1270. The first-order chi connectivity index (χ1) is 32.0. The number of esters is 3. The molecule has 65 heavy (non-hydrogen) atoms. The molecule has 0 fully saturated rings. The largest absolute Gasteiger partial charge is 0.462 e. The smallest absolute Gasteiger partial charge is 0.306 e. The van der Waals surface area contributed by atoms with Gasteiger partial charge in [0, 0.05) is 19.3 Å². The predicted molar refractivity (Wildman–Crippen MR) is 279 cm³/mol. The Morgan fingerprint density at radius 2 is 0.631 bits per heavy atom. The maximum Gasteiger partial charge on any atom is 0.306 e. The van der Waals surface area contributed by atoms with E-state index in [4.69, 9.17) is 14.2 Å². The molecule has 0 unspecified atom stereocenters. The summed E-state index contributed by atoms with van der Waals surface area (Å²) in [5.74, 6) is -0.993. The first-order valence-electron chi connectivity index (χ1n) is 27.1. The summed E-state index contributed by atoms with van der Waals surface area (Å²) in [5, 5.41) is 0. The summed E-state index contributed by atoms with van der Waals surface area (Å²) >= 11 is 0. The van der Waals surface area contributed by atoms with Crippen molar-refractivity contribution in [1.29, 1.82) is 0 Å². The van der Waals surface area contributed by atoms with Crippen LogP contribution in [0.15, 0.2) is 85.1 Å². The summed E-state index contributed by atoms with van der Waals surface area (Å²) in [4.78, 5) is 38.0. The Morgan fingerprint density at radius 3 is 1.02 bits per heavy atom. The molecule has 0 aromatic rings. The van der Waals surface area contributed by atoms with Crippen molar-refractivity contribution in [2.24, 2.45) is 0 Å². The van der Waals surface area contributed by atoms with Crippen molar-refractivity contribution in [3.8, 4) is 0 Å². The predicted octanol–water partition coefficient (Wildman–Crippen LogP) is 18.0. The van der Waals surface area contributed by atoms with Gasteiger partial charge in [0.05, 0.1) is 0 Å². The SMILES string of the molecule is CC/C=C\C/C=C\C/C=C\C/C=C\C/C=C\C/C=C\CCC(=O)O[C@H](COC(=O)CCCCCCCCC/C=C\CCCCCC)COC(=O)CCCCCCCCCCCCCCC. The van der Waals surface area contributed by atoms with E-state index < -0.39 is 12.1 Å². The second-order valence-electron chi connectivity index (χ2n) is 17.8. The molecule has 0 radical (unpaired) electrons. The molecule has 0 aromatic carbocycles. The molecule has 0 aliphatic carbocycles. The molecular weight excluding hydrogens is 805 g/mol. The van der Waals surface area contributed by atoms with Crippen LogP contribution < -0.4 is 0 Å². The standard InChI is InChI=1S/C59H100O6/c1-4-7-10-13-16-19-22-25-27-28-29-30-32-35-38-41-44-47-50-53-59(62)65-56(54-63-57(60)51-48-45-42-39-36-33-24-21-18-15-12-9-6-3)55-64-58(61)52-49-46-43-40-37-34-31-26-23-20-17-14-11-8-5-2/h7,10,16,19-20,23,25,27,29-30,35,38,44,47,56H,4-6,8-9,11-15,17-18,21-22,24,26,28,31-34,36-37,39-43,45-46,48-55H2,1-3H3/b10-7-,19-16-,23-20-,27-25-,30-29-,38-35-,47-44-/t56-/m0/s1. The molecule has 0 amide bonds. The van der Waals surface area contributed by atoms with Gasteiger partial charge in [-0.25, -0.2) is 0 Å². The van der Waals surface area contributed by atoms with Crippen molar-refractivity contribution in [1.82, 2.24) is 0 Å². The molecule has 1 atom stereocenters. The molecule has 6 nitrogen and oxygen atoms in total. The lowest BCUT2D eigenvalue weighted by molar-refractivity contribution is -0.166. The lowest BCUT2D eigenvalue weighted by Gasteiger charge is -2.18. The first-order valence-corrected chi connectivity index (χ1v) is 27.1. The van der Waals surface area contributed by atoms with Crippen LogP contribution in [0, 0.1) is 0 Å². The van der Waals surface area contributed by atoms with Gasteiger partial charge in [-0.3, -0.25) is 14.4 Å². The second-order valence-corrected chi connectivity index (χ2v) is 17.8. The number of rotatable bonds is 48. The van der Waals surface area contributed by atoms with Crippen LogP contribution in [0.1, 0.15) is 252 Å². The Morgan fingerprint density at radius 1 is 0.323 bits per heavy atom. The summed E-state index contributed by atoms with van der Waals surface area (Å²) in [6.45, 7) is 6.45. The van der Waals surface area contributed by atoms with E-state index in [1.54, 1.807) is 0 Å². The summed E-state index contributed by atoms with van der Waals surface area (Å²) in [7, 11) is 0. The molecular formula is C59H100O6. The maximum absolute atomic E-state index is 12.8. The molecule has 0 heterocycles. The van der Waals surface area contributed by atoms with Crippen LogP contribution in [0.25, 0.3) is 0 Å². The maximum atomic E-state index is 12.8. The van der Waals surface area contributed by atoms with Gasteiger partial charge in [0.2, 0.25) is 0 Å². The highest BCUT2D eigenvalue weighted by atomic mass is 16.6. The third-order valence-corrected chi connectivity index (χ3v) is 11.4. The highest BCUT2D eigenvalue weighted by molar-refractivity contribution is 5.71. The van der Waals surface area contributed by atoms with Crippen molar-refractivity contribution in [3.05, 3.63) is 85.1 Å². The average Bonchev–Trinajstić information content (AvgIpc) is 3.30. The van der Waals surface area contributed by atoms with Crippen LogP contribution in [0.2, 0.25) is 0 Å². The Labute approximate surface area is 401 Å². The van der Waals surface area contributed by atoms with E-state index in [-0.39, 0.29) is 31.6 Å². The normalized spacial score (nSPS) is 12.7. The molecule has 0 rings (SSSR count). The van der Waals surface area contributed by atoms with Gasteiger partial charge < -0.3 is 14.2 Å². The van der Waals surface area contributed by atoms with E-state index in [0.29, 0.717) is 19.3 Å². The Kier molecular flexibility index (Phi) is 50.4. The zero-order chi connectivity index (χ0) is 47.2. The molecule has 0 saturated heterocycles. The van der Waals surface area contributed by atoms with Crippen LogP contribution in [0.5, 0.6) is 0 Å². The number of hydrogen-bond acceptors (Lipinski definition) is 6. The van der Waals surface area contributed by atoms with E-state index in [2.05, 4.69) is 99.8 Å². The van der Waals surface area contributed by atoms with E-state index in [1.807, 2.05) is 6.08 Å². The molecule has 0 aliphatic rings. The average molecular weight is 905 g/mol. The second kappa shape index (κ2) is 53.2. The third-order valence-electron chi connectivity index (χ3n) is 11.4. The van der Waals surface area contributed by atoms with Crippen LogP contribution in [-0.2, 0) is 28.6 Å². The fourth-order valence-electron chi connectivity index (χ4n) is 7.35. The van der Waals surface area contributed by atoms with E-state index in [0.717, 1.165) is 77.0 Å². The highest BCUT2D eigenvalue weighted by Crippen LogP contribution is 2.15. The molecule has 6 heteroatoms. The van der Waals surface area contributed by atoms with Crippen LogP contribution in [-0.4, -0.2) is 37.2 Å². The number of carbonyl (C=O) groups excluding carboxylic acids is 3. The quantitative estimate of drug-likeness (QED) is 0.0262. The highest BCUT2D eigenvalue weighted by Gasteiger charge is 2.19.